The number of nitrogens with zero attached hydrogens (tertiary/aromatic N) is 3. The van der Waals surface area contributed by atoms with Crippen LogP contribution in [0.25, 0.3) is 5.65 Å². The van der Waals surface area contributed by atoms with E-state index in [1.54, 1.807) is 17.6 Å². The van der Waals surface area contributed by atoms with Gasteiger partial charge in [0.05, 0.1) is 12.2 Å². The van der Waals surface area contributed by atoms with Crippen LogP contribution in [0.15, 0.2) is 12.3 Å². The Morgan fingerprint density at radius 3 is 2.68 bits per heavy atom. The lowest BCUT2D eigenvalue weighted by molar-refractivity contribution is -0.126. The first-order valence-corrected chi connectivity index (χ1v) is 5.90. The fourth-order valence-corrected chi connectivity index (χ4v) is 1.98. The van der Waals surface area contributed by atoms with Crippen molar-refractivity contribution in [3.05, 3.63) is 29.2 Å². The lowest BCUT2D eigenvalue weighted by Crippen LogP contribution is -2.31. The van der Waals surface area contributed by atoms with Gasteiger partial charge in [0.2, 0.25) is 0 Å². The van der Waals surface area contributed by atoms with Gasteiger partial charge in [-0.3, -0.25) is 0 Å². The summed E-state index contributed by atoms with van der Waals surface area (Å²) in [5.41, 5.74) is 3.02. The average Bonchev–Trinajstić information content (AvgIpc) is 2.67. The highest BCUT2D eigenvalue weighted by molar-refractivity contribution is 5.42. The fraction of sp³-hybridized carbons (Fsp3) is 0.500. The van der Waals surface area contributed by atoms with Crippen molar-refractivity contribution in [2.75, 3.05) is 6.54 Å². The number of aromatic nitrogens is 3. The van der Waals surface area contributed by atoms with Crippen molar-refractivity contribution < 1.29 is 13.2 Å². The molecule has 0 saturated heterocycles. The molecule has 0 aliphatic carbocycles. The van der Waals surface area contributed by atoms with Gasteiger partial charge in [-0.25, -0.2) is 9.50 Å². The summed E-state index contributed by atoms with van der Waals surface area (Å²) >= 11 is 0. The molecule has 0 radical (unpaired) electrons. The maximum absolute atomic E-state index is 12.2. The van der Waals surface area contributed by atoms with Gasteiger partial charge >= 0.3 is 6.18 Å². The number of alkyl halides is 3. The number of halogens is 3. The van der Waals surface area contributed by atoms with Crippen LogP contribution in [0.5, 0.6) is 0 Å². The Bertz CT molecular complexity index is 588. The van der Waals surface area contributed by atoms with Gasteiger partial charge in [0, 0.05) is 29.6 Å². The minimum Gasteiger partial charge on any atom is -0.302 e. The minimum atomic E-state index is -4.22. The quantitative estimate of drug-likeness (QED) is 0.933. The monoisotopic (exact) mass is 272 g/mol. The first kappa shape index (κ1) is 13.8. The summed E-state index contributed by atoms with van der Waals surface area (Å²) in [4.78, 5) is 4.21. The molecule has 2 heterocycles. The van der Waals surface area contributed by atoms with E-state index in [0.717, 1.165) is 11.4 Å². The molecule has 2 aromatic rings. The molecule has 1 N–H and O–H groups in total. The predicted molar refractivity (Wildman–Crippen MR) is 64.9 cm³/mol. The van der Waals surface area contributed by atoms with Gasteiger partial charge in [-0.15, -0.1) is 0 Å². The van der Waals surface area contributed by atoms with Crippen LogP contribution in [0.2, 0.25) is 0 Å². The van der Waals surface area contributed by atoms with Crippen molar-refractivity contribution in [3.8, 4) is 0 Å². The molecule has 0 saturated carbocycles. The Morgan fingerprint density at radius 2 is 2.05 bits per heavy atom. The summed E-state index contributed by atoms with van der Waals surface area (Å²) in [6, 6.07) is 1.38. The van der Waals surface area contributed by atoms with Crippen molar-refractivity contribution >= 4 is 5.65 Å². The highest BCUT2D eigenvalue weighted by Gasteiger charge is 2.28. The fourth-order valence-electron chi connectivity index (χ4n) is 1.98. The SMILES string of the molecule is Cc1cc2ncc(C(C)NCC(F)(F)F)c(C)n2n1. The molecule has 4 nitrogen and oxygen atoms in total. The Labute approximate surface area is 108 Å². The second kappa shape index (κ2) is 4.80. The topological polar surface area (TPSA) is 42.2 Å². The molecular formula is C12H15F3N4. The van der Waals surface area contributed by atoms with Crippen molar-refractivity contribution in [1.82, 2.24) is 19.9 Å². The molecule has 1 atom stereocenters. The van der Waals surface area contributed by atoms with Crippen molar-refractivity contribution in [2.45, 2.75) is 33.0 Å². The number of nitrogens with one attached hydrogen (secondary N) is 1. The summed E-state index contributed by atoms with van der Waals surface area (Å²) in [7, 11) is 0. The van der Waals surface area contributed by atoms with Gasteiger partial charge in [0.1, 0.15) is 0 Å². The van der Waals surface area contributed by atoms with Crippen LogP contribution in [0.3, 0.4) is 0 Å². The molecule has 19 heavy (non-hydrogen) atoms. The van der Waals surface area contributed by atoms with Crippen LogP contribution in [0.4, 0.5) is 13.2 Å². The molecule has 0 aromatic carbocycles. The maximum Gasteiger partial charge on any atom is 0.401 e. The van der Waals surface area contributed by atoms with Crippen LogP contribution >= 0.6 is 0 Å². The molecular weight excluding hydrogens is 257 g/mol. The molecule has 0 fully saturated rings. The van der Waals surface area contributed by atoms with Crippen LogP contribution in [-0.2, 0) is 0 Å². The molecule has 0 aliphatic heterocycles. The zero-order valence-electron chi connectivity index (χ0n) is 10.9. The third kappa shape index (κ3) is 3.04. The summed E-state index contributed by atoms with van der Waals surface area (Å²) in [5.74, 6) is 0. The van der Waals surface area contributed by atoms with Gasteiger partial charge in [-0.05, 0) is 20.8 Å². The number of hydrogen-bond acceptors (Lipinski definition) is 3. The summed E-state index contributed by atoms with van der Waals surface area (Å²) in [6.07, 6.45) is -2.62. The summed E-state index contributed by atoms with van der Waals surface area (Å²) in [5, 5.41) is 6.71. The lowest BCUT2D eigenvalue weighted by atomic mass is 10.1. The molecule has 2 aromatic heterocycles. The maximum atomic E-state index is 12.2. The Hall–Kier alpha value is -1.63. The molecule has 1 unspecified atom stereocenters. The highest BCUT2D eigenvalue weighted by Crippen LogP contribution is 2.20. The first-order chi connectivity index (χ1) is 8.78. The Kier molecular flexibility index (Phi) is 3.49. The van der Waals surface area contributed by atoms with Gasteiger partial charge in [0.25, 0.3) is 0 Å². The van der Waals surface area contributed by atoms with E-state index in [-0.39, 0.29) is 0 Å². The molecule has 7 heteroatoms. The molecule has 0 spiro atoms. The van der Waals surface area contributed by atoms with E-state index >= 15 is 0 Å². The molecule has 2 rings (SSSR count). The van der Waals surface area contributed by atoms with E-state index < -0.39 is 18.8 Å². The van der Waals surface area contributed by atoms with Gasteiger partial charge < -0.3 is 5.32 Å². The molecule has 0 aliphatic rings. The normalized spacial score (nSPS) is 14.0. The van der Waals surface area contributed by atoms with Crippen LogP contribution in [0, 0.1) is 13.8 Å². The van der Waals surface area contributed by atoms with Crippen LogP contribution in [-0.4, -0.2) is 27.3 Å². The van der Waals surface area contributed by atoms with Gasteiger partial charge in [-0.1, -0.05) is 0 Å². The van der Waals surface area contributed by atoms with Crippen molar-refractivity contribution in [1.29, 1.82) is 0 Å². The summed E-state index contributed by atoms with van der Waals surface area (Å²) in [6.45, 7) is 4.32. The first-order valence-electron chi connectivity index (χ1n) is 5.90. The summed E-state index contributed by atoms with van der Waals surface area (Å²) < 4.78 is 38.2. The lowest BCUT2D eigenvalue weighted by Gasteiger charge is -2.17. The second-order valence-corrected chi connectivity index (χ2v) is 4.57. The van der Waals surface area contributed by atoms with Crippen molar-refractivity contribution in [2.24, 2.45) is 0 Å². The Morgan fingerprint density at radius 1 is 1.37 bits per heavy atom. The van der Waals surface area contributed by atoms with Gasteiger partial charge in [-0.2, -0.15) is 18.3 Å². The van der Waals surface area contributed by atoms with Crippen molar-refractivity contribution in [3.63, 3.8) is 0 Å². The third-order valence-corrected chi connectivity index (χ3v) is 2.96. The van der Waals surface area contributed by atoms with E-state index in [0.29, 0.717) is 11.2 Å². The zero-order chi connectivity index (χ0) is 14.2. The van der Waals surface area contributed by atoms with Gasteiger partial charge in [0.15, 0.2) is 5.65 Å². The van der Waals surface area contributed by atoms with E-state index in [2.05, 4.69) is 15.4 Å². The smallest absolute Gasteiger partial charge is 0.302 e. The highest BCUT2D eigenvalue weighted by atomic mass is 19.4. The van der Waals surface area contributed by atoms with Crippen LogP contribution < -0.4 is 5.32 Å². The minimum absolute atomic E-state index is 0.442. The predicted octanol–water partition coefficient (Wildman–Crippen LogP) is 2.56. The average molecular weight is 272 g/mol. The number of fused-ring (bicyclic) bond motifs is 1. The second-order valence-electron chi connectivity index (χ2n) is 4.57. The number of aryl methyl sites for hydroxylation is 2. The number of hydrogen-bond donors (Lipinski definition) is 1. The van der Waals surface area contributed by atoms with E-state index in [1.807, 2.05) is 19.9 Å². The molecule has 104 valence electrons. The van der Waals surface area contributed by atoms with E-state index in [4.69, 9.17) is 0 Å². The molecule has 0 amide bonds. The third-order valence-electron chi connectivity index (χ3n) is 2.96. The standard InChI is InChI=1S/C12H15F3N4/c1-7-4-11-16-5-10(9(3)19(11)18-7)8(2)17-6-12(13,14)15/h4-5,8,17H,6H2,1-3H3. The largest absolute Gasteiger partial charge is 0.401 e. The zero-order valence-corrected chi connectivity index (χ0v) is 10.9. The van der Waals surface area contributed by atoms with E-state index in [9.17, 15) is 13.2 Å². The van der Waals surface area contributed by atoms with E-state index in [1.165, 1.54) is 0 Å². The Balaban J connectivity index is 2.27. The number of rotatable bonds is 3. The van der Waals surface area contributed by atoms with Crippen LogP contribution in [0.1, 0.15) is 29.9 Å². The molecule has 0 bridgehead atoms.